The summed E-state index contributed by atoms with van der Waals surface area (Å²) in [4.78, 5) is 12.0. The molecule has 0 amide bonds. The number of benzene rings is 1. The molecule has 0 spiro atoms. The molecule has 0 heterocycles. The molecule has 0 bridgehead atoms. The minimum absolute atomic E-state index is 0.189. The highest BCUT2D eigenvalue weighted by molar-refractivity contribution is 9.10. The molecule has 0 unspecified atom stereocenters. The Morgan fingerprint density at radius 2 is 2.22 bits per heavy atom. The molecule has 1 aromatic rings. The average molecular weight is 312 g/mol. The van der Waals surface area contributed by atoms with Gasteiger partial charge in [0.2, 0.25) is 0 Å². The molecule has 18 heavy (non-hydrogen) atoms. The van der Waals surface area contributed by atoms with Crippen LogP contribution in [0.5, 0.6) is 5.75 Å². The summed E-state index contributed by atoms with van der Waals surface area (Å²) < 4.78 is 6.22. The quantitative estimate of drug-likeness (QED) is 0.909. The molecule has 1 aliphatic rings. The molecule has 0 saturated heterocycles. The van der Waals surface area contributed by atoms with Crippen LogP contribution in [0.15, 0.2) is 22.7 Å². The molecule has 3 nitrogen and oxygen atoms in total. The van der Waals surface area contributed by atoms with Crippen LogP contribution in [-0.4, -0.2) is 18.4 Å². The molecule has 1 fully saturated rings. The van der Waals surface area contributed by atoms with Crippen LogP contribution in [0.4, 0.5) is 0 Å². The van der Waals surface area contributed by atoms with E-state index in [0.717, 1.165) is 35.0 Å². The number of ketones is 1. The summed E-state index contributed by atoms with van der Waals surface area (Å²) in [5.41, 5.74) is 6.77. The Morgan fingerprint density at radius 1 is 1.50 bits per heavy atom. The Hall–Kier alpha value is -0.870. The molecular weight excluding hydrogens is 294 g/mol. The van der Waals surface area contributed by atoms with Gasteiger partial charge in [-0.1, -0.05) is 15.9 Å². The highest BCUT2D eigenvalue weighted by atomic mass is 79.9. The average Bonchev–Trinajstić information content (AvgIpc) is 2.27. The van der Waals surface area contributed by atoms with Gasteiger partial charge in [-0.15, -0.1) is 0 Å². The van der Waals surface area contributed by atoms with Gasteiger partial charge in [-0.3, -0.25) is 4.79 Å². The maximum Gasteiger partial charge on any atom is 0.139 e. The second-order valence-electron chi connectivity index (χ2n) is 5.06. The van der Waals surface area contributed by atoms with Crippen LogP contribution in [0.1, 0.15) is 31.2 Å². The fourth-order valence-electron chi connectivity index (χ4n) is 2.36. The monoisotopic (exact) mass is 311 g/mol. The molecule has 0 atom stereocenters. The normalized spacial score (nSPS) is 17.1. The van der Waals surface area contributed by atoms with E-state index in [2.05, 4.69) is 15.9 Å². The smallest absolute Gasteiger partial charge is 0.139 e. The Labute approximate surface area is 116 Å². The summed E-state index contributed by atoms with van der Waals surface area (Å²) >= 11 is 3.41. The highest BCUT2D eigenvalue weighted by Crippen LogP contribution is 2.33. The lowest BCUT2D eigenvalue weighted by Gasteiger charge is -2.37. The molecule has 0 radical (unpaired) electrons. The number of Topliss-reactive ketones (excluding diaryl/α,β-unsaturated/α-hetero) is 1. The lowest BCUT2D eigenvalue weighted by atomic mass is 9.74. The van der Waals surface area contributed by atoms with Crippen LogP contribution >= 0.6 is 15.9 Å². The zero-order valence-electron chi connectivity index (χ0n) is 10.5. The van der Waals surface area contributed by atoms with E-state index < -0.39 is 0 Å². The summed E-state index contributed by atoms with van der Waals surface area (Å²) in [6.07, 6.45) is 3.94. The fourth-order valence-corrected chi connectivity index (χ4v) is 2.77. The van der Waals surface area contributed by atoms with Crippen molar-refractivity contribution < 1.29 is 9.53 Å². The minimum Gasteiger partial charge on any atom is -0.496 e. The van der Waals surface area contributed by atoms with E-state index in [4.69, 9.17) is 10.5 Å². The predicted octanol–water partition coefficient (Wildman–Crippen LogP) is 2.84. The number of hydrogen-bond donors (Lipinski definition) is 1. The van der Waals surface area contributed by atoms with Crippen molar-refractivity contribution in [1.82, 2.24) is 0 Å². The third-order valence-electron chi connectivity index (χ3n) is 3.53. The van der Waals surface area contributed by atoms with E-state index in [1.807, 2.05) is 18.2 Å². The van der Waals surface area contributed by atoms with Crippen molar-refractivity contribution in [2.24, 2.45) is 5.73 Å². The van der Waals surface area contributed by atoms with Crippen LogP contribution < -0.4 is 10.5 Å². The predicted molar refractivity (Wildman–Crippen MR) is 74.8 cm³/mol. The molecule has 2 N–H and O–H groups in total. The second kappa shape index (κ2) is 5.41. The first kappa shape index (κ1) is 13.6. The van der Waals surface area contributed by atoms with E-state index in [0.29, 0.717) is 12.8 Å². The first-order valence-corrected chi connectivity index (χ1v) is 6.95. The Kier molecular flexibility index (Phi) is 4.07. The number of ether oxygens (including phenoxy) is 1. The van der Waals surface area contributed by atoms with Crippen LogP contribution in [-0.2, 0) is 11.2 Å². The molecule has 98 valence electrons. The van der Waals surface area contributed by atoms with Gasteiger partial charge in [0.1, 0.15) is 11.5 Å². The van der Waals surface area contributed by atoms with Crippen molar-refractivity contribution in [3.63, 3.8) is 0 Å². The number of methoxy groups -OCH3 is 1. The maximum atomic E-state index is 12.0. The molecule has 0 aromatic heterocycles. The van der Waals surface area contributed by atoms with Gasteiger partial charge in [0, 0.05) is 28.4 Å². The van der Waals surface area contributed by atoms with E-state index >= 15 is 0 Å². The number of carbonyl (C=O) groups is 1. The van der Waals surface area contributed by atoms with Crippen LogP contribution in [0.3, 0.4) is 0 Å². The Bertz CT molecular complexity index is 455. The van der Waals surface area contributed by atoms with Gasteiger partial charge in [0.25, 0.3) is 0 Å². The maximum absolute atomic E-state index is 12.0. The zero-order valence-corrected chi connectivity index (χ0v) is 12.1. The lowest BCUT2D eigenvalue weighted by molar-refractivity contribution is -0.120. The van der Waals surface area contributed by atoms with Gasteiger partial charge in [-0.05, 0) is 37.5 Å². The Morgan fingerprint density at radius 3 is 2.78 bits per heavy atom. The van der Waals surface area contributed by atoms with E-state index in [-0.39, 0.29) is 11.3 Å². The summed E-state index contributed by atoms with van der Waals surface area (Å²) in [6.45, 7) is 0. The number of hydrogen-bond acceptors (Lipinski definition) is 3. The number of nitrogens with two attached hydrogens (primary N) is 1. The second-order valence-corrected chi connectivity index (χ2v) is 5.98. The van der Waals surface area contributed by atoms with Gasteiger partial charge in [-0.25, -0.2) is 0 Å². The van der Waals surface area contributed by atoms with Crippen molar-refractivity contribution in [3.8, 4) is 5.75 Å². The van der Waals surface area contributed by atoms with Crippen molar-refractivity contribution in [1.29, 1.82) is 0 Å². The van der Waals surface area contributed by atoms with Crippen molar-refractivity contribution in [2.75, 3.05) is 7.11 Å². The third-order valence-corrected chi connectivity index (χ3v) is 4.02. The van der Waals surface area contributed by atoms with Crippen LogP contribution in [0.25, 0.3) is 0 Å². The molecule has 0 aliphatic heterocycles. The number of carbonyl (C=O) groups excluding carboxylic acids is 1. The fraction of sp³-hybridized carbons (Fsp3) is 0.500. The van der Waals surface area contributed by atoms with Gasteiger partial charge in [-0.2, -0.15) is 0 Å². The van der Waals surface area contributed by atoms with Crippen LogP contribution in [0.2, 0.25) is 0 Å². The van der Waals surface area contributed by atoms with Crippen molar-refractivity contribution in [2.45, 2.75) is 37.6 Å². The van der Waals surface area contributed by atoms with E-state index in [1.165, 1.54) is 0 Å². The van der Waals surface area contributed by atoms with Gasteiger partial charge in [0.15, 0.2) is 0 Å². The Balaban J connectivity index is 2.04. The summed E-state index contributed by atoms with van der Waals surface area (Å²) in [6, 6.07) is 5.71. The van der Waals surface area contributed by atoms with Gasteiger partial charge >= 0.3 is 0 Å². The first-order valence-electron chi connectivity index (χ1n) is 6.15. The molecular formula is C14H18BrNO2. The molecule has 1 aromatic carbocycles. The third kappa shape index (κ3) is 3.12. The van der Waals surface area contributed by atoms with E-state index in [1.54, 1.807) is 7.11 Å². The summed E-state index contributed by atoms with van der Waals surface area (Å²) in [5.74, 6) is 0.944. The SMILES string of the molecule is COc1ccc(Br)cc1CC(=O)CC1(N)CCC1. The van der Waals surface area contributed by atoms with Gasteiger partial charge in [0.05, 0.1) is 7.11 Å². The standard InChI is InChI=1S/C14H18BrNO2/c1-18-13-4-3-11(15)7-10(13)8-12(17)9-14(16)5-2-6-14/h3-4,7H,2,5-6,8-9,16H2,1H3. The van der Waals surface area contributed by atoms with Crippen LogP contribution in [0, 0.1) is 0 Å². The molecule has 2 rings (SSSR count). The molecule has 1 saturated carbocycles. The van der Waals surface area contributed by atoms with Crippen molar-refractivity contribution in [3.05, 3.63) is 28.2 Å². The summed E-state index contributed by atoms with van der Waals surface area (Å²) in [5, 5.41) is 0. The highest BCUT2D eigenvalue weighted by Gasteiger charge is 2.34. The van der Waals surface area contributed by atoms with E-state index in [9.17, 15) is 4.79 Å². The van der Waals surface area contributed by atoms with Gasteiger partial charge < -0.3 is 10.5 Å². The zero-order chi connectivity index (χ0) is 13.2. The van der Waals surface area contributed by atoms with Crippen molar-refractivity contribution >= 4 is 21.7 Å². The first-order chi connectivity index (χ1) is 8.52. The molecule has 1 aliphatic carbocycles. The minimum atomic E-state index is -0.240. The number of rotatable bonds is 5. The number of halogens is 1. The lowest BCUT2D eigenvalue weighted by Crippen LogP contribution is -2.48. The topological polar surface area (TPSA) is 52.3 Å². The largest absolute Gasteiger partial charge is 0.496 e. The molecule has 4 heteroatoms. The summed E-state index contributed by atoms with van der Waals surface area (Å²) in [7, 11) is 1.62.